The lowest BCUT2D eigenvalue weighted by Gasteiger charge is -2.06. The third-order valence-electron chi connectivity index (χ3n) is 4.45. The zero-order chi connectivity index (χ0) is 19.6. The summed E-state index contributed by atoms with van der Waals surface area (Å²) in [7, 11) is -1.63. The molecule has 7 heteroatoms. The van der Waals surface area contributed by atoms with Crippen LogP contribution in [0.25, 0.3) is 0 Å². The van der Waals surface area contributed by atoms with Crippen LogP contribution in [0, 0.1) is 20.8 Å². The van der Waals surface area contributed by atoms with E-state index in [1.54, 1.807) is 59.4 Å². The van der Waals surface area contributed by atoms with Crippen molar-refractivity contribution < 1.29 is 8.42 Å². The largest absolute Gasteiger partial charge is 0.279 e. The molecule has 0 aliphatic carbocycles. The van der Waals surface area contributed by atoms with E-state index in [1.807, 2.05) is 27.8 Å². The molecule has 140 valence electrons. The maximum absolute atomic E-state index is 12.7. The molecule has 2 aromatic carbocycles. The fourth-order valence-electron chi connectivity index (χ4n) is 2.71. The van der Waals surface area contributed by atoms with Crippen LogP contribution in [-0.4, -0.2) is 24.4 Å². The summed E-state index contributed by atoms with van der Waals surface area (Å²) < 4.78 is 27.2. The van der Waals surface area contributed by atoms with Gasteiger partial charge in [-0.25, -0.2) is 8.42 Å². The number of benzene rings is 2. The van der Waals surface area contributed by atoms with Crippen LogP contribution < -0.4 is 5.43 Å². The molecule has 0 spiro atoms. The summed E-state index contributed by atoms with van der Waals surface area (Å²) in [4.78, 5) is 0.536. The first kappa shape index (κ1) is 18.8. The second-order valence-corrected chi connectivity index (χ2v) is 8.37. The lowest BCUT2D eigenvalue weighted by atomic mass is 10.2. The highest BCUT2D eigenvalue weighted by Crippen LogP contribution is 2.22. The summed E-state index contributed by atoms with van der Waals surface area (Å²) in [5.74, 6) is 0. The van der Waals surface area contributed by atoms with Gasteiger partial charge in [0.25, 0.3) is 0 Å². The van der Waals surface area contributed by atoms with E-state index in [9.17, 15) is 8.42 Å². The third-order valence-corrected chi connectivity index (χ3v) is 6.23. The van der Waals surface area contributed by atoms with Crippen molar-refractivity contribution in [1.82, 2.24) is 9.78 Å². The highest BCUT2D eigenvalue weighted by molar-refractivity contribution is 7.91. The van der Waals surface area contributed by atoms with Crippen LogP contribution in [0.15, 0.2) is 63.4 Å². The van der Waals surface area contributed by atoms with E-state index in [1.165, 1.54) is 0 Å². The van der Waals surface area contributed by atoms with Crippen molar-refractivity contribution in [2.24, 2.45) is 12.1 Å². The lowest BCUT2D eigenvalue weighted by molar-refractivity contribution is 0.596. The maximum Gasteiger partial charge on any atom is 0.206 e. The van der Waals surface area contributed by atoms with Crippen LogP contribution in [0.4, 0.5) is 5.69 Å². The van der Waals surface area contributed by atoms with Crippen molar-refractivity contribution in [3.63, 3.8) is 0 Å². The van der Waals surface area contributed by atoms with E-state index in [-0.39, 0.29) is 9.79 Å². The van der Waals surface area contributed by atoms with Crippen molar-refractivity contribution in [3.05, 3.63) is 71.0 Å². The molecule has 0 aliphatic rings. The van der Waals surface area contributed by atoms with Crippen LogP contribution in [-0.2, 0) is 16.9 Å². The SMILES string of the molecule is Cc1ccc(S(=O)(=O)c2ccc(N/N=C\c3c(C)nn(C)c3C)cc2)cc1. The lowest BCUT2D eigenvalue weighted by Crippen LogP contribution is -2.02. The predicted molar refractivity (Wildman–Crippen MR) is 107 cm³/mol. The number of anilines is 1. The maximum atomic E-state index is 12.7. The van der Waals surface area contributed by atoms with Gasteiger partial charge in [-0.05, 0) is 57.2 Å². The van der Waals surface area contributed by atoms with Gasteiger partial charge in [-0.2, -0.15) is 10.2 Å². The number of hydrogen-bond acceptors (Lipinski definition) is 5. The molecular formula is C20H22N4O2S. The van der Waals surface area contributed by atoms with Crippen molar-refractivity contribution in [1.29, 1.82) is 0 Å². The molecular weight excluding hydrogens is 360 g/mol. The average molecular weight is 382 g/mol. The van der Waals surface area contributed by atoms with Crippen molar-refractivity contribution in [3.8, 4) is 0 Å². The third kappa shape index (κ3) is 3.93. The summed E-state index contributed by atoms with van der Waals surface area (Å²) in [6.45, 7) is 5.83. The van der Waals surface area contributed by atoms with Gasteiger partial charge < -0.3 is 0 Å². The molecule has 0 radical (unpaired) electrons. The molecule has 0 unspecified atom stereocenters. The predicted octanol–water partition coefficient (Wildman–Crippen LogP) is 3.62. The number of aromatic nitrogens is 2. The standard InChI is InChI=1S/C20H22N4O2S/c1-14-5-9-18(10-6-14)27(25,26)19-11-7-17(8-12-19)22-21-13-20-15(2)23-24(4)16(20)3/h5-13,22H,1-4H3/b21-13-. The minimum absolute atomic E-state index is 0.250. The molecule has 3 rings (SSSR count). The molecule has 0 amide bonds. The van der Waals surface area contributed by atoms with Crippen LogP contribution in [0.3, 0.4) is 0 Å². The van der Waals surface area contributed by atoms with Crippen LogP contribution in [0.2, 0.25) is 0 Å². The number of aryl methyl sites for hydroxylation is 3. The Morgan fingerprint density at radius 1 is 0.963 bits per heavy atom. The van der Waals surface area contributed by atoms with Gasteiger partial charge in [-0.1, -0.05) is 17.7 Å². The molecule has 27 heavy (non-hydrogen) atoms. The number of rotatable bonds is 5. The quantitative estimate of drug-likeness (QED) is 0.540. The Balaban J connectivity index is 1.75. The minimum Gasteiger partial charge on any atom is -0.279 e. The Bertz CT molecular complexity index is 1080. The molecule has 0 atom stereocenters. The monoisotopic (exact) mass is 382 g/mol. The van der Waals surface area contributed by atoms with E-state index >= 15 is 0 Å². The second-order valence-electron chi connectivity index (χ2n) is 6.42. The molecule has 0 saturated carbocycles. The summed E-state index contributed by atoms with van der Waals surface area (Å²) in [5.41, 5.74) is 7.53. The Morgan fingerprint density at radius 3 is 2.04 bits per heavy atom. The van der Waals surface area contributed by atoms with Crippen LogP contribution in [0.1, 0.15) is 22.5 Å². The molecule has 1 N–H and O–H groups in total. The van der Waals surface area contributed by atoms with Crippen molar-refractivity contribution in [2.45, 2.75) is 30.6 Å². The first-order chi connectivity index (χ1) is 12.8. The number of hydrogen-bond donors (Lipinski definition) is 1. The molecule has 0 bridgehead atoms. The van der Waals surface area contributed by atoms with Crippen LogP contribution >= 0.6 is 0 Å². The number of sulfone groups is 1. The Morgan fingerprint density at radius 2 is 1.52 bits per heavy atom. The molecule has 1 heterocycles. The Labute approximate surface area is 159 Å². The zero-order valence-corrected chi connectivity index (χ0v) is 16.6. The molecule has 3 aromatic rings. The van der Waals surface area contributed by atoms with E-state index in [4.69, 9.17) is 0 Å². The van der Waals surface area contributed by atoms with Crippen LogP contribution in [0.5, 0.6) is 0 Å². The normalized spacial score (nSPS) is 11.9. The fourth-order valence-corrected chi connectivity index (χ4v) is 3.97. The van der Waals surface area contributed by atoms with E-state index < -0.39 is 9.84 Å². The highest BCUT2D eigenvalue weighted by atomic mass is 32.2. The first-order valence-corrected chi connectivity index (χ1v) is 9.98. The summed E-state index contributed by atoms with van der Waals surface area (Å²) in [5, 5.41) is 8.57. The minimum atomic E-state index is -3.52. The van der Waals surface area contributed by atoms with Gasteiger partial charge in [0.1, 0.15) is 0 Å². The Hall–Kier alpha value is -2.93. The van der Waals surface area contributed by atoms with Gasteiger partial charge in [-0.3, -0.25) is 10.1 Å². The number of nitrogens with one attached hydrogen (secondary N) is 1. The van der Waals surface area contributed by atoms with Gasteiger partial charge in [0, 0.05) is 18.3 Å². The van der Waals surface area contributed by atoms with E-state index in [2.05, 4.69) is 15.6 Å². The summed E-state index contributed by atoms with van der Waals surface area (Å²) in [6, 6.07) is 13.4. The van der Waals surface area contributed by atoms with Gasteiger partial charge in [0.05, 0.1) is 27.4 Å². The van der Waals surface area contributed by atoms with Gasteiger partial charge >= 0.3 is 0 Å². The Kier molecular flexibility index (Phi) is 5.14. The number of hydrazone groups is 1. The zero-order valence-electron chi connectivity index (χ0n) is 15.8. The van der Waals surface area contributed by atoms with Gasteiger partial charge in [-0.15, -0.1) is 0 Å². The van der Waals surface area contributed by atoms with Gasteiger partial charge in [0.2, 0.25) is 9.84 Å². The smallest absolute Gasteiger partial charge is 0.206 e. The van der Waals surface area contributed by atoms with Crippen molar-refractivity contribution in [2.75, 3.05) is 5.43 Å². The van der Waals surface area contributed by atoms with E-state index in [0.29, 0.717) is 5.69 Å². The first-order valence-electron chi connectivity index (χ1n) is 8.50. The van der Waals surface area contributed by atoms with E-state index in [0.717, 1.165) is 22.5 Å². The summed E-state index contributed by atoms with van der Waals surface area (Å²) in [6.07, 6.45) is 1.72. The average Bonchev–Trinajstić information content (AvgIpc) is 2.88. The fraction of sp³-hybridized carbons (Fsp3) is 0.200. The van der Waals surface area contributed by atoms with Gasteiger partial charge in [0.15, 0.2) is 0 Å². The molecule has 0 aliphatic heterocycles. The molecule has 1 aromatic heterocycles. The second kappa shape index (κ2) is 7.36. The summed E-state index contributed by atoms with van der Waals surface area (Å²) >= 11 is 0. The topological polar surface area (TPSA) is 76.3 Å². The highest BCUT2D eigenvalue weighted by Gasteiger charge is 2.17. The molecule has 0 saturated heterocycles. The molecule has 0 fully saturated rings. The number of nitrogens with zero attached hydrogens (tertiary/aromatic N) is 3. The molecule has 6 nitrogen and oxygen atoms in total. The van der Waals surface area contributed by atoms with Crippen molar-refractivity contribution >= 4 is 21.7 Å².